The number of hydrogen-bond donors (Lipinski definition) is 2. The van der Waals surface area contributed by atoms with Crippen LogP contribution >= 0.6 is 0 Å². The number of amides is 1. The van der Waals surface area contributed by atoms with Crippen LogP contribution in [0.25, 0.3) is 6.08 Å². The van der Waals surface area contributed by atoms with Gasteiger partial charge < -0.3 is 20.3 Å². The van der Waals surface area contributed by atoms with Crippen molar-refractivity contribution in [3.05, 3.63) is 23.9 Å². The van der Waals surface area contributed by atoms with Crippen molar-refractivity contribution in [2.75, 3.05) is 33.2 Å². The number of piperazine rings is 1. The lowest BCUT2D eigenvalue weighted by atomic mass is 10.2. The van der Waals surface area contributed by atoms with Gasteiger partial charge in [0.1, 0.15) is 11.4 Å². The number of ether oxygens (including phenoxy) is 1. The van der Waals surface area contributed by atoms with E-state index < -0.39 is 5.60 Å². The van der Waals surface area contributed by atoms with Crippen LogP contribution in [0.3, 0.4) is 0 Å². The van der Waals surface area contributed by atoms with Crippen LogP contribution in [-0.4, -0.2) is 64.3 Å². The summed E-state index contributed by atoms with van der Waals surface area (Å²) >= 11 is 0. The summed E-state index contributed by atoms with van der Waals surface area (Å²) < 4.78 is 7.61. The third kappa shape index (κ3) is 4.13. The number of carbonyl (C=O) groups is 1. The lowest BCUT2D eigenvalue weighted by Crippen LogP contribution is -2.54. The fourth-order valence-electron chi connectivity index (χ4n) is 3.09. The molecule has 2 aliphatic rings. The first-order chi connectivity index (χ1) is 11.9. The SMILES string of the molecule is CNCc1cn2c(n1)C=CNC2N1CCN(C(=O)OC(C)(C)C)CC1. The second-order valence-corrected chi connectivity index (χ2v) is 7.41. The molecule has 1 aromatic heterocycles. The molecule has 0 spiro atoms. The van der Waals surface area contributed by atoms with E-state index >= 15 is 0 Å². The van der Waals surface area contributed by atoms with Crippen LogP contribution in [-0.2, 0) is 11.3 Å². The maximum atomic E-state index is 12.2. The van der Waals surface area contributed by atoms with E-state index in [1.165, 1.54) is 0 Å². The van der Waals surface area contributed by atoms with Crippen LogP contribution in [0.5, 0.6) is 0 Å². The lowest BCUT2D eigenvalue weighted by Gasteiger charge is -2.40. The van der Waals surface area contributed by atoms with Crippen molar-refractivity contribution in [1.29, 1.82) is 0 Å². The molecule has 2 N–H and O–H groups in total. The molecular weight excluding hydrogens is 320 g/mol. The minimum Gasteiger partial charge on any atom is -0.444 e. The van der Waals surface area contributed by atoms with Crippen LogP contribution in [0.2, 0.25) is 0 Å². The molecule has 1 atom stereocenters. The Morgan fingerprint density at radius 1 is 1.36 bits per heavy atom. The minimum atomic E-state index is -0.459. The number of carbonyl (C=O) groups excluding carboxylic acids is 1. The van der Waals surface area contributed by atoms with E-state index in [-0.39, 0.29) is 12.4 Å². The summed E-state index contributed by atoms with van der Waals surface area (Å²) in [5.41, 5.74) is 0.558. The van der Waals surface area contributed by atoms with E-state index in [0.29, 0.717) is 13.1 Å². The summed E-state index contributed by atoms with van der Waals surface area (Å²) in [5.74, 6) is 0.948. The van der Waals surface area contributed by atoms with Crippen molar-refractivity contribution in [3.8, 4) is 0 Å². The number of fused-ring (bicyclic) bond motifs is 1. The normalized spacial score (nSPS) is 21.0. The molecule has 3 rings (SSSR count). The predicted octanol–water partition coefficient (Wildman–Crippen LogP) is 1.19. The molecule has 0 bridgehead atoms. The zero-order valence-electron chi connectivity index (χ0n) is 15.5. The van der Waals surface area contributed by atoms with E-state index in [2.05, 4.69) is 31.3 Å². The molecule has 3 heterocycles. The van der Waals surface area contributed by atoms with Crippen LogP contribution in [0.15, 0.2) is 12.4 Å². The Bertz CT molecular complexity index is 640. The molecule has 138 valence electrons. The summed E-state index contributed by atoms with van der Waals surface area (Å²) in [7, 11) is 1.92. The van der Waals surface area contributed by atoms with Gasteiger partial charge in [-0.05, 0) is 33.9 Å². The second kappa shape index (κ2) is 7.05. The van der Waals surface area contributed by atoms with Gasteiger partial charge in [0.05, 0.1) is 5.69 Å². The average Bonchev–Trinajstić information content (AvgIpc) is 2.96. The molecule has 8 heteroatoms. The predicted molar refractivity (Wildman–Crippen MR) is 95.6 cm³/mol. The van der Waals surface area contributed by atoms with Gasteiger partial charge in [0.15, 0.2) is 6.29 Å². The van der Waals surface area contributed by atoms with Crippen LogP contribution in [0.4, 0.5) is 4.79 Å². The summed E-state index contributed by atoms with van der Waals surface area (Å²) in [4.78, 5) is 20.9. The molecule has 0 saturated carbocycles. The number of nitrogens with one attached hydrogen (secondary N) is 2. The summed E-state index contributed by atoms with van der Waals surface area (Å²) in [6.45, 7) is 9.29. The van der Waals surface area contributed by atoms with Crippen molar-refractivity contribution in [2.45, 2.75) is 39.2 Å². The molecular formula is C17H28N6O2. The summed E-state index contributed by atoms with van der Waals surface area (Å²) in [6, 6.07) is 0. The van der Waals surface area contributed by atoms with E-state index in [1.807, 2.05) is 40.1 Å². The van der Waals surface area contributed by atoms with Crippen molar-refractivity contribution in [1.82, 2.24) is 30.0 Å². The molecule has 25 heavy (non-hydrogen) atoms. The Morgan fingerprint density at radius 3 is 2.72 bits per heavy atom. The molecule has 1 unspecified atom stereocenters. The number of aromatic nitrogens is 2. The van der Waals surface area contributed by atoms with Gasteiger partial charge in [0.2, 0.25) is 0 Å². The van der Waals surface area contributed by atoms with Crippen LogP contribution < -0.4 is 10.6 Å². The maximum Gasteiger partial charge on any atom is 0.410 e. The van der Waals surface area contributed by atoms with Gasteiger partial charge in [0, 0.05) is 45.1 Å². The van der Waals surface area contributed by atoms with Gasteiger partial charge in [-0.2, -0.15) is 0 Å². The van der Waals surface area contributed by atoms with Gasteiger partial charge >= 0.3 is 6.09 Å². The Labute approximate surface area is 148 Å². The highest BCUT2D eigenvalue weighted by molar-refractivity contribution is 5.68. The highest BCUT2D eigenvalue weighted by Crippen LogP contribution is 2.21. The molecule has 1 saturated heterocycles. The smallest absolute Gasteiger partial charge is 0.410 e. The minimum absolute atomic E-state index is 0.0268. The van der Waals surface area contributed by atoms with Gasteiger partial charge in [-0.3, -0.25) is 9.47 Å². The first-order valence-corrected chi connectivity index (χ1v) is 8.74. The summed E-state index contributed by atoms with van der Waals surface area (Å²) in [6.07, 6.45) is 5.79. The molecule has 0 aromatic carbocycles. The maximum absolute atomic E-state index is 12.2. The Morgan fingerprint density at radius 2 is 2.08 bits per heavy atom. The van der Waals surface area contributed by atoms with Crippen molar-refractivity contribution in [3.63, 3.8) is 0 Å². The Hall–Kier alpha value is -2.06. The topological polar surface area (TPSA) is 74.7 Å². The standard InChI is InChI=1S/C17H28N6O2/c1-17(2,3)25-16(24)22-9-7-21(8-10-22)15-19-6-5-14-20-13(11-18-4)12-23(14)15/h5-6,12,15,18-19H,7-11H2,1-4H3. The van der Waals surface area contributed by atoms with E-state index in [4.69, 9.17) is 4.74 Å². The van der Waals surface area contributed by atoms with Gasteiger partial charge in [-0.1, -0.05) is 0 Å². The fraction of sp³-hybridized carbons (Fsp3) is 0.647. The molecule has 1 amide bonds. The van der Waals surface area contributed by atoms with Crippen molar-refractivity contribution in [2.24, 2.45) is 0 Å². The lowest BCUT2D eigenvalue weighted by molar-refractivity contribution is 0.00236. The first kappa shape index (κ1) is 17.8. The van der Waals surface area contributed by atoms with Crippen molar-refractivity contribution < 1.29 is 9.53 Å². The molecule has 1 aromatic rings. The fourth-order valence-corrected chi connectivity index (χ4v) is 3.09. The molecule has 0 radical (unpaired) electrons. The number of rotatable bonds is 3. The van der Waals surface area contributed by atoms with Crippen LogP contribution in [0, 0.1) is 0 Å². The Kier molecular flexibility index (Phi) is 5.01. The third-order valence-electron chi connectivity index (χ3n) is 4.22. The van der Waals surface area contributed by atoms with Gasteiger partial charge in [0.25, 0.3) is 0 Å². The zero-order valence-corrected chi connectivity index (χ0v) is 15.5. The highest BCUT2D eigenvalue weighted by Gasteiger charge is 2.30. The molecule has 2 aliphatic heterocycles. The molecule has 0 aliphatic carbocycles. The number of hydrogen-bond acceptors (Lipinski definition) is 6. The van der Waals surface area contributed by atoms with Crippen molar-refractivity contribution >= 4 is 12.2 Å². The zero-order chi connectivity index (χ0) is 18.0. The van der Waals surface area contributed by atoms with Crippen LogP contribution in [0.1, 0.15) is 38.6 Å². The van der Waals surface area contributed by atoms with E-state index in [0.717, 1.165) is 31.2 Å². The highest BCUT2D eigenvalue weighted by atomic mass is 16.6. The number of nitrogens with zero attached hydrogens (tertiary/aromatic N) is 4. The average molecular weight is 348 g/mol. The van der Waals surface area contributed by atoms with Gasteiger partial charge in [-0.15, -0.1) is 0 Å². The monoisotopic (exact) mass is 348 g/mol. The first-order valence-electron chi connectivity index (χ1n) is 8.74. The second-order valence-electron chi connectivity index (χ2n) is 7.41. The molecule has 1 fully saturated rings. The number of imidazole rings is 1. The largest absolute Gasteiger partial charge is 0.444 e. The Balaban J connectivity index is 1.62. The third-order valence-corrected chi connectivity index (χ3v) is 4.22. The van der Waals surface area contributed by atoms with Gasteiger partial charge in [-0.25, -0.2) is 9.78 Å². The summed E-state index contributed by atoms with van der Waals surface area (Å²) in [5, 5.41) is 6.53. The van der Waals surface area contributed by atoms with E-state index in [9.17, 15) is 4.79 Å². The molecule has 8 nitrogen and oxygen atoms in total. The quantitative estimate of drug-likeness (QED) is 0.855. The van der Waals surface area contributed by atoms with E-state index in [1.54, 1.807) is 4.90 Å².